The van der Waals surface area contributed by atoms with Crippen LogP contribution in [0.4, 0.5) is 5.95 Å². The summed E-state index contributed by atoms with van der Waals surface area (Å²) in [6.07, 6.45) is 1.77. The Morgan fingerprint density at radius 2 is 2.38 bits per heavy atom. The summed E-state index contributed by atoms with van der Waals surface area (Å²) in [7, 11) is 1.61. The van der Waals surface area contributed by atoms with E-state index in [0.29, 0.717) is 24.2 Å². The monoisotopic (exact) mass is 214 g/mol. The van der Waals surface area contributed by atoms with E-state index >= 15 is 0 Å². The maximum Gasteiger partial charge on any atom is 1.00 e. The van der Waals surface area contributed by atoms with E-state index in [9.17, 15) is 4.79 Å². The first kappa shape index (κ1) is 12.8. The number of rotatable bonds is 3. The number of H-pyrrole nitrogens is 1. The van der Waals surface area contributed by atoms with Crippen molar-refractivity contribution >= 4 is 17.0 Å². The van der Waals surface area contributed by atoms with Crippen LogP contribution >= 0.6 is 0 Å². The number of hydrogen-bond acceptors (Lipinski definition) is 3. The third-order valence-electron chi connectivity index (χ3n) is 2.16. The number of aromatic nitrogens is 3. The Hall–Kier alpha value is -1.22. The third kappa shape index (κ3) is 2.30. The first-order valence-electron chi connectivity index (χ1n) is 4.52. The predicted molar refractivity (Wildman–Crippen MR) is 56.2 cm³/mol. The van der Waals surface area contributed by atoms with E-state index in [0.717, 1.165) is 0 Å². The fourth-order valence-electron chi connectivity index (χ4n) is 1.44. The van der Waals surface area contributed by atoms with Gasteiger partial charge in [0, 0.05) is 25.8 Å². The SMILES string of the molecule is COCCn1ccc2c(=O)[nH]c([NH-])nc21.[Li+]. The summed E-state index contributed by atoms with van der Waals surface area (Å²) in [5, 5.41) is 0.502. The van der Waals surface area contributed by atoms with Gasteiger partial charge in [-0.15, -0.1) is 0 Å². The average Bonchev–Trinajstić information content (AvgIpc) is 2.58. The molecule has 80 valence electrons. The zero-order chi connectivity index (χ0) is 10.8. The summed E-state index contributed by atoms with van der Waals surface area (Å²) in [4.78, 5) is 17.7. The minimum Gasteiger partial charge on any atom is -0.411 e. The molecule has 2 N–H and O–H groups in total. The number of nitrogens with zero attached hydrogens (tertiary/aromatic N) is 2. The van der Waals surface area contributed by atoms with Crippen molar-refractivity contribution in [1.82, 2.24) is 14.5 Å². The molecule has 2 aromatic rings. The van der Waals surface area contributed by atoms with Crippen molar-refractivity contribution in [3.05, 3.63) is 28.4 Å². The van der Waals surface area contributed by atoms with E-state index in [1.54, 1.807) is 23.9 Å². The second-order valence-electron chi connectivity index (χ2n) is 3.15. The molecule has 0 aromatic carbocycles. The van der Waals surface area contributed by atoms with Gasteiger partial charge in [0.15, 0.2) is 0 Å². The maximum atomic E-state index is 11.4. The Kier molecular flexibility index (Phi) is 4.18. The first-order chi connectivity index (χ1) is 7.22. The molecule has 6 nitrogen and oxygen atoms in total. The van der Waals surface area contributed by atoms with Crippen LogP contribution in [0.1, 0.15) is 0 Å². The molecule has 2 heterocycles. The van der Waals surface area contributed by atoms with Crippen molar-refractivity contribution in [3.8, 4) is 0 Å². The molecule has 16 heavy (non-hydrogen) atoms. The fourth-order valence-corrected chi connectivity index (χ4v) is 1.44. The first-order valence-corrected chi connectivity index (χ1v) is 4.52. The number of aromatic amines is 1. The topological polar surface area (TPSA) is 83.7 Å². The van der Waals surface area contributed by atoms with Crippen molar-refractivity contribution in [2.75, 3.05) is 13.7 Å². The second kappa shape index (κ2) is 5.21. The van der Waals surface area contributed by atoms with E-state index in [1.807, 2.05) is 0 Å². The molecular weight excluding hydrogens is 203 g/mol. The quantitative estimate of drug-likeness (QED) is 0.603. The van der Waals surface area contributed by atoms with Crippen molar-refractivity contribution < 1.29 is 23.6 Å². The maximum absolute atomic E-state index is 11.4. The van der Waals surface area contributed by atoms with Crippen LogP contribution in [0.5, 0.6) is 0 Å². The number of fused-ring (bicyclic) bond motifs is 1. The van der Waals surface area contributed by atoms with Gasteiger partial charge in [0.2, 0.25) is 5.56 Å². The molecule has 0 amide bonds. The Morgan fingerprint density at radius 3 is 3.06 bits per heavy atom. The normalized spacial score (nSPS) is 10.3. The van der Waals surface area contributed by atoms with Crippen LogP contribution < -0.4 is 24.4 Å². The van der Waals surface area contributed by atoms with Gasteiger partial charge in [-0.3, -0.25) is 4.79 Å². The second-order valence-corrected chi connectivity index (χ2v) is 3.15. The van der Waals surface area contributed by atoms with Gasteiger partial charge in [0.25, 0.3) is 0 Å². The molecule has 0 saturated heterocycles. The zero-order valence-corrected chi connectivity index (χ0v) is 9.28. The van der Waals surface area contributed by atoms with Crippen molar-refractivity contribution in [2.45, 2.75) is 6.54 Å². The van der Waals surface area contributed by atoms with Gasteiger partial charge in [-0.05, 0) is 6.07 Å². The average molecular weight is 214 g/mol. The van der Waals surface area contributed by atoms with Crippen LogP contribution in [0, 0.1) is 0 Å². The summed E-state index contributed by atoms with van der Waals surface area (Å²) < 4.78 is 6.74. The van der Waals surface area contributed by atoms with E-state index in [-0.39, 0.29) is 30.4 Å². The van der Waals surface area contributed by atoms with Crippen LogP contribution in [-0.4, -0.2) is 28.3 Å². The molecule has 0 saturated carbocycles. The Labute approximate surface area is 104 Å². The number of ether oxygens (including phenoxy) is 1. The summed E-state index contributed by atoms with van der Waals surface area (Å²) in [6, 6.07) is 1.69. The van der Waals surface area contributed by atoms with E-state index in [2.05, 4.69) is 9.97 Å². The molecule has 0 unspecified atom stereocenters. The van der Waals surface area contributed by atoms with Crippen LogP contribution in [-0.2, 0) is 11.3 Å². The van der Waals surface area contributed by atoms with E-state index in [4.69, 9.17) is 10.5 Å². The molecule has 0 aliphatic rings. The van der Waals surface area contributed by atoms with Crippen LogP contribution in [0.3, 0.4) is 0 Å². The fraction of sp³-hybridized carbons (Fsp3) is 0.333. The van der Waals surface area contributed by atoms with E-state index in [1.165, 1.54) is 0 Å². The number of methoxy groups -OCH3 is 1. The molecule has 0 atom stereocenters. The standard InChI is InChI=1S/C9H12N4O2.Li/c1-15-5-4-13-3-2-6-7(13)11-9(10)12-8(6)14;/h2-3H,4-5H2,1H3,(H3,10,11,12,14);/q;+1/p-1. The van der Waals surface area contributed by atoms with Gasteiger partial charge < -0.3 is 25.0 Å². The molecule has 0 fully saturated rings. The van der Waals surface area contributed by atoms with Crippen molar-refractivity contribution in [2.24, 2.45) is 0 Å². The number of hydrogen-bond donors (Lipinski definition) is 1. The third-order valence-corrected chi connectivity index (χ3v) is 2.16. The van der Waals surface area contributed by atoms with Gasteiger partial charge in [-0.1, -0.05) is 0 Å². The molecule has 2 rings (SSSR count). The minimum atomic E-state index is -0.277. The molecule has 0 aliphatic heterocycles. The van der Waals surface area contributed by atoms with E-state index < -0.39 is 0 Å². The van der Waals surface area contributed by atoms with Crippen LogP contribution in [0.15, 0.2) is 17.1 Å². The summed E-state index contributed by atoms with van der Waals surface area (Å²) in [5.74, 6) is -0.120. The molecule has 0 bridgehead atoms. The molecule has 0 aliphatic carbocycles. The van der Waals surface area contributed by atoms with Gasteiger partial charge in [-0.25, -0.2) is 0 Å². The van der Waals surface area contributed by atoms with Gasteiger partial charge in [-0.2, -0.15) is 0 Å². The summed E-state index contributed by atoms with van der Waals surface area (Å²) in [5.41, 5.74) is 7.57. The summed E-state index contributed by atoms with van der Waals surface area (Å²) >= 11 is 0. The van der Waals surface area contributed by atoms with Gasteiger partial charge in [0.05, 0.1) is 17.6 Å². The molecule has 7 heteroatoms. The van der Waals surface area contributed by atoms with Gasteiger partial charge >= 0.3 is 18.9 Å². The Morgan fingerprint density at radius 1 is 1.62 bits per heavy atom. The molecule has 0 radical (unpaired) electrons. The Bertz CT molecular complexity index is 534. The van der Waals surface area contributed by atoms with Crippen LogP contribution in [0.25, 0.3) is 16.8 Å². The van der Waals surface area contributed by atoms with Crippen LogP contribution in [0.2, 0.25) is 0 Å². The number of nitrogens with one attached hydrogen (secondary N) is 2. The Balaban J connectivity index is 0.00000128. The summed E-state index contributed by atoms with van der Waals surface area (Å²) in [6.45, 7) is 1.17. The predicted octanol–water partition coefficient (Wildman–Crippen LogP) is -1.94. The molecule has 0 spiro atoms. The zero-order valence-electron chi connectivity index (χ0n) is 9.28. The molecular formula is C9H11LiN4O2. The van der Waals surface area contributed by atoms with Crippen molar-refractivity contribution in [1.29, 1.82) is 0 Å². The smallest absolute Gasteiger partial charge is 0.411 e. The molecule has 2 aromatic heterocycles. The van der Waals surface area contributed by atoms with Gasteiger partial charge in [0.1, 0.15) is 0 Å². The largest absolute Gasteiger partial charge is 1.00 e. The van der Waals surface area contributed by atoms with Crippen molar-refractivity contribution in [3.63, 3.8) is 0 Å². The minimum absolute atomic E-state index is 0.